The number of aromatic nitrogens is 3. The van der Waals surface area contributed by atoms with Crippen LogP contribution in [-0.4, -0.2) is 45.2 Å². The molecule has 0 saturated carbocycles. The number of likely N-dealkylation sites (tertiary alicyclic amines) is 1. The van der Waals surface area contributed by atoms with Crippen molar-refractivity contribution in [1.82, 2.24) is 25.0 Å². The molecule has 3 aromatic rings. The van der Waals surface area contributed by atoms with Gasteiger partial charge in [-0.15, -0.1) is 0 Å². The predicted molar refractivity (Wildman–Crippen MR) is 120 cm³/mol. The number of carbonyl (C=O) groups is 1. The molecule has 3 heterocycles. The third-order valence-electron chi connectivity index (χ3n) is 5.55. The second-order valence-electron chi connectivity index (χ2n) is 7.75. The molecule has 2 aromatic heterocycles. The number of benzene rings is 1. The Morgan fingerprint density at radius 2 is 2.13 bits per heavy atom. The van der Waals surface area contributed by atoms with Crippen LogP contribution in [0.1, 0.15) is 36.9 Å². The molecule has 0 aliphatic carbocycles. The topological polar surface area (TPSA) is 63.1 Å². The Morgan fingerprint density at radius 3 is 2.97 bits per heavy atom. The number of carbonyl (C=O) groups excluding carboxylic acids is 1. The van der Waals surface area contributed by atoms with Crippen LogP contribution in [0.5, 0.6) is 0 Å². The first-order valence-electron chi connectivity index (χ1n) is 10.2. The average Bonchev–Trinajstić information content (AvgIpc) is 3.10. The van der Waals surface area contributed by atoms with Gasteiger partial charge in [-0.05, 0) is 43.1 Å². The normalized spacial score (nSPS) is 17.4. The summed E-state index contributed by atoms with van der Waals surface area (Å²) in [7, 11) is 0. The van der Waals surface area contributed by atoms with Crippen molar-refractivity contribution in [3.63, 3.8) is 0 Å². The third-order valence-corrected chi connectivity index (χ3v) is 6.41. The van der Waals surface area contributed by atoms with Crippen molar-refractivity contribution in [2.45, 2.75) is 38.8 Å². The summed E-state index contributed by atoms with van der Waals surface area (Å²) in [6.07, 6.45) is 3.98. The van der Waals surface area contributed by atoms with E-state index in [0.717, 1.165) is 54.8 Å². The van der Waals surface area contributed by atoms with Crippen molar-refractivity contribution < 1.29 is 4.79 Å². The van der Waals surface area contributed by atoms with Gasteiger partial charge in [-0.2, -0.15) is 5.10 Å². The molecular weight excluding hydrogens is 421 g/mol. The van der Waals surface area contributed by atoms with E-state index in [1.54, 1.807) is 6.20 Å². The van der Waals surface area contributed by atoms with Crippen LogP contribution in [0.3, 0.4) is 0 Å². The van der Waals surface area contributed by atoms with Crippen LogP contribution in [-0.2, 0) is 17.9 Å². The summed E-state index contributed by atoms with van der Waals surface area (Å²) >= 11 is 12.6. The minimum absolute atomic E-state index is 0.0396. The molecule has 1 aliphatic heterocycles. The fourth-order valence-corrected chi connectivity index (χ4v) is 4.54. The van der Waals surface area contributed by atoms with Crippen molar-refractivity contribution in [2.24, 2.45) is 0 Å². The Morgan fingerprint density at radius 1 is 1.27 bits per heavy atom. The molecule has 6 nitrogen and oxygen atoms in total. The molecule has 30 heavy (non-hydrogen) atoms. The standard InChI is InChI=1S/C22H25Cl2N5O/c1-15(30)25-10-12-29-22-18(7-3-9-26-22)21(27-29)17-6-4-11-28(14-17)13-16-5-2-8-19(23)20(16)24/h2-3,5,7-9,17H,4,6,10-14H2,1H3,(H,25,30)/t17-/m0/s1. The van der Waals surface area contributed by atoms with E-state index in [1.807, 2.05) is 28.9 Å². The van der Waals surface area contributed by atoms with Crippen LogP contribution in [0.4, 0.5) is 0 Å². The largest absolute Gasteiger partial charge is 0.354 e. The zero-order chi connectivity index (χ0) is 21.1. The van der Waals surface area contributed by atoms with Crippen molar-refractivity contribution in [3.8, 4) is 0 Å². The van der Waals surface area contributed by atoms with Gasteiger partial charge in [0.2, 0.25) is 5.91 Å². The van der Waals surface area contributed by atoms with E-state index in [0.29, 0.717) is 29.1 Å². The highest BCUT2D eigenvalue weighted by molar-refractivity contribution is 6.42. The summed E-state index contributed by atoms with van der Waals surface area (Å²) in [6.45, 7) is 5.37. The molecule has 1 aliphatic rings. The summed E-state index contributed by atoms with van der Waals surface area (Å²) in [6, 6.07) is 9.85. The SMILES string of the molecule is CC(=O)NCCn1nc([C@H]2CCCN(Cc3cccc(Cl)c3Cl)C2)c2cccnc21. The van der Waals surface area contributed by atoms with Crippen LogP contribution < -0.4 is 5.32 Å². The zero-order valence-electron chi connectivity index (χ0n) is 16.9. The monoisotopic (exact) mass is 445 g/mol. The molecule has 1 atom stereocenters. The Kier molecular flexibility index (Phi) is 6.56. The highest BCUT2D eigenvalue weighted by Crippen LogP contribution is 2.33. The number of hydrogen-bond acceptors (Lipinski definition) is 4. The second-order valence-corrected chi connectivity index (χ2v) is 8.54. The van der Waals surface area contributed by atoms with Crippen LogP contribution in [0.25, 0.3) is 11.0 Å². The van der Waals surface area contributed by atoms with E-state index >= 15 is 0 Å². The lowest BCUT2D eigenvalue weighted by atomic mass is 9.93. The summed E-state index contributed by atoms with van der Waals surface area (Å²) in [5.74, 6) is 0.285. The number of hydrogen-bond donors (Lipinski definition) is 1. The van der Waals surface area contributed by atoms with Gasteiger partial charge in [0.25, 0.3) is 0 Å². The average molecular weight is 446 g/mol. The first-order chi connectivity index (χ1) is 14.5. The number of fused-ring (bicyclic) bond motifs is 1. The molecular formula is C22H25Cl2N5O. The number of halogens is 2. The highest BCUT2D eigenvalue weighted by Gasteiger charge is 2.26. The lowest BCUT2D eigenvalue weighted by Gasteiger charge is -2.32. The molecule has 4 rings (SSSR count). The summed E-state index contributed by atoms with van der Waals surface area (Å²) in [5.41, 5.74) is 3.01. The van der Waals surface area contributed by atoms with Crippen molar-refractivity contribution in [2.75, 3.05) is 19.6 Å². The number of nitrogens with zero attached hydrogens (tertiary/aromatic N) is 4. The van der Waals surface area contributed by atoms with E-state index < -0.39 is 0 Å². The van der Waals surface area contributed by atoms with Crippen molar-refractivity contribution in [3.05, 3.63) is 57.8 Å². The zero-order valence-corrected chi connectivity index (χ0v) is 18.5. The van der Waals surface area contributed by atoms with Gasteiger partial charge in [0, 0.05) is 44.1 Å². The maximum absolute atomic E-state index is 11.2. The van der Waals surface area contributed by atoms with Gasteiger partial charge in [0.15, 0.2) is 5.65 Å². The van der Waals surface area contributed by atoms with E-state index in [2.05, 4.69) is 21.3 Å². The quantitative estimate of drug-likeness (QED) is 0.615. The Hall–Kier alpha value is -2.15. The molecule has 0 bridgehead atoms. The van der Waals surface area contributed by atoms with Crippen molar-refractivity contribution in [1.29, 1.82) is 0 Å². The molecule has 158 valence electrons. The Labute approximate surface area is 186 Å². The highest BCUT2D eigenvalue weighted by atomic mass is 35.5. The fourth-order valence-electron chi connectivity index (χ4n) is 4.16. The number of pyridine rings is 1. The Balaban J connectivity index is 1.54. The number of rotatable bonds is 6. The summed E-state index contributed by atoms with van der Waals surface area (Å²) in [5, 5.41) is 10.1. The fraction of sp³-hybridized carbons (Fsp3) is 0.409. The smallest absolute Gasteiger partial charge is 0.216 e. The number of amides is 1. The third kappa shape index (κ3) is 4.61. The van der Waals surface area contributed by atoms with Crippen molar-refractivity contribution >= 4 is 40.1 Å². The predicted octanol–water partition coefficient (Wildman–Crippen LogP) is 4.25. The second kappa shape index (κ2) is 9.33. The van der Waals surface area contributed by atoms with Gasteiger partial charge in [-0.25, -0.2) is 9.67 Å². The van der Waals surface area contributed by atoms with Gasteiger partial charge in [0.05, 0.1) is 22.3 Å². The lowest BCUT2D eigenvalue weighted by molar-refractivity contribution is -0.118. The molecule has 0 radical (unpaired) electrons. The molecule has 0 unspecified atom stereocenters. The van der Waals surface area contributed by atoms with E-state index in [4.69, 9.17) is 28.3 Å². The van der Waals surface area contributed by atoms with Crippen LogP contribution >= 0.6 is 23.2 Å². The first-order valence-corrected chi connectivity index (χ1v) is 11.0. The van der Waals surface area contributed by atoms with Crippen LogP contribution in [0.15, 0.2) is 36.5 Å². The molecule has 0 spiro atoms. The maximum atomic E-state index is 11.2. The first kappa shape index (κ1) is 21.1. The number of piperidine rings is 1. The molecule has 1 aromatic carbocycles. The molecule has 1 saturated heterocycles. The van der Waals surface area contributed by atoms with Gasteiger partial charge in [-0.3, -0.25) is 9.69 Å². The molecule has 1 fully saturated rings. The molecule has 8 heteroatoms. The van der Waals surface area contributed by atoms with Crippen LogP contribution in [0.2, 0.25) is 10.0 Å². The van der Waals surface area contributed by atoms with E-state index in [9.17, 15) is 4.79 Å². The summed E-state index contributed by atoms with van der Waals surface area (Å²) in [4.78, 5) is 18.2. The molecule has 1 amide bonds. The lowest BCUT2D eigenvalue weighted by Crippen LogP contribution is -2.34. The van der Waals surface area contributed by atoms with E-state index in [1.165, 1.54) is 6.92 Å². The van der Waals surface area contributed by atoms with Gasteiger partial charge < -0.3 is 5.32 Å². The summed E-state index contributed by atoms with van der Waals surface area (Å²) < 4.78 is 1.91. The minimum atomic E-state index is -0.0396. The number of nitrogens with one attached hydrogen (secondary N) is 1. The minimum Gasteiger partial charge on any atom is -0.354 e. The van der Waals surface area contributed by atoms with Gasteiger partial charge in [-0.1, -0.05) is 35.3 Å². The van der Waals surface area contributed by atoms with E-state index in [-0.39, 0.29) is 5.91 Å². The van der Waals surface area contributed by atoms with Crippen LogP contribution in [0, 0.1) is 0 Å². The van der Waals surface area contributed by atoms with Gasteiger partial charge >= 0.3 is 0 Å². The molecule has 1 N–H and O–H groups in total. The Bertz CT molecular complexity index is 1050. The maximum Gasteiger partial charge on any atom is 0.216 e. The van der Waals surface area contributed by atoms with Gasteiger partial charge in [0.1, 0.15) is 0 Å².